The lowest BCUT2D eigenvalue weighted by Crippen LogP contribution is -2.48. The Morgan fingerprint density at radius 2 is 2.12 bits per heavy atom. The van der Waals surface area contributed by atoms with Gasteiger partial charge in [0.2, 0.25) is 5.82 Å². The van der Waals surface area contributed by atoms with Crippen LogP contribution in [0, 0.1) is 18.8 Å². The van der Waals surface area contributed by atoms with Crippen LogP contribution in [0.1, 0.15) is 32.4 Å². The van der Waals surface area contributed by atoms with Gasteiger partial charge in [0, 0.05) is 31.2 Å². The number of fused-ring (bicyclic) bond motifs is 1. The van der Waals surface area contributed by atoms with Crippen LogP contribution in [0.4, 0.5) is 5.00 Å². The van der Waals surface area contributed by atoms with Gasteiger partial charge in [-0.05, 0) is 18.1 Å². The molecule has 0 saturated heterocycles. The van der Waals surface area contributed by atoms with E-state index in [9.17, 15) is 9.59 Å². The van der Waals surface area contributed by atoms with Crippen LogP contribution in [0.5, 0.6) is 0 Å². The first-order valence-electron chi connectivity index (χ1n) is 10.3. The minimum atomic E-state index is -0.683. The molecular weight excluding hydrogens is 458 g/mol. The summed E-state index contributed by atoms with van der Waals surface area (Å²) in [7, 11) is 3.33. The highest BCUT2D eigenvalue weighted by atomic mass is 32.2. The van der Waals surface area contributed by atoms with E-state index in [1.165, 1.54) is 11.3 Å². The number of hydrogen-bond donors (Lipinski definition) is 2. The molecule has 0 aliphatic carbocycles. The number of aromatic amines is 1. The van der Waals surface area contributed by atoms with E-state index >= 15 is 0 Å². The third-order valence-electron chi connectivity index (χ3n) is 5.09. The van der Waals surface area contributed by atoms with Gasteiger partial charge in [-0.1, -0.05) is 42.2 Å². The number of ether oxygens (including phenoxy) is 1. The molecule has 8 nitrogen and oxygen atoms in total. The van der Waals surface area contributed by atoms with Crippen LogP contribution in [-0.2, 0) is 16.0 Å². The Labute approximate surface area is 200 Å². The first kappa shape index (κ1) is 23.0. The summed E-state index contributed by atoms with van der Waals surface area (Å²) in [5.41, 5.74) is 2.10. The maximum atomic E-state index is 13.1. The summed E-state index contributed by atoms with van der Waals surface area (Å²) < 4.78 is 4.99. The van der Waals surface area contributed by atoms with E-state index < -0.39 is 11.9 Å². The number of methoxy groups -OCH3 is 1. The fourth-order valence-electron chi connectivity index (χ4n) is 3.35. The highest BCUT2D eigenvalue weighted by Gasteiger charge is 2.33. The quantitative estimate of drug-likeness (QED) is 0.544. The van der Waals surface area contributed by atoms with Gasteiger partial charge in [-0.25, -0.2) is 0 Å². The number of carbonyl (C=O) groups excluding carboxylic acids is 2. The molecule has 10 heteroatoms. The smallest absolute Gasteiger partial charge is 0.289 e. The molecule has 0 saturated carbocycles. The summed E-state index contributed by atoms with van der Waals surface area (Å²) in [6.45, 7) is 2.35. The number of likely N-dealkylation sites (N-methyl/N-ethyl adjacent to an activating group) is 1. The maximum absolute atomic E-state index is 13.1. The van der Waals surface area contributed by atoms with E-state index in [0.29, 0.717) is 24.6 Å². The van der Waals surface area contributed by atoms with Gasteiger partial charge in [0.1, 0.15) is 23.5 Å². The molecule has 1 aromatic carbocycles. The van der Waals surface area contributed by atoms with Crippen molar-refractivity contribution in [3.05, 3.63) is 58.0 Å². The lowest BCUT2D eigenvalue weighted by Gasteiger charge is -2.20. The number of rotatable bonds is 5. The predicted octanol–water partition coefficient (Wildman–Crippen LogP) is 2.63. The second-order valence-corrected chi connectivity index (χ2v) is 9.47. The van der Waals surface area contributed by atoms with E-state index in [2.05, 4.69) is 32.3 Å². The van der Waals surface area contributed by atoms with E-state index in [4.69, 9.17) is 4.74 Å². The molecule has 3 aromatic rings. The average molecular weight is 482 g/mol. The molecule has 170 valence electrons. The van der Waals surface area contributed by atoms with Gasteiger partial charge in [0.05, 0.1) is 4.88 Å². The van der Waals surface area contributed by atoms with Crippen molar-refractivity contribution in [3.8, 4) is 11.8 Å². The standard InChI is InChI=1S/C23H23N5O3S2/c1-14-17(10-7-11-31-3)33-23-19(14)32-13-16(22(30)28(23)2)24-21(29)20-25-18(26-27-20)12-15-8-5-4-6-9-15/h4-6,8-9,16H,11-13H2,1-3H3,(H,24,29)(H,25,26,27)/t16-/m0/s1. The number of thiophene rings is 1. The number of amides is 2. The van der Waals surface area contributed by atoms with Crippen LogP contribution >= 0.6 is 23.1 Å². The largest absolute Gasteiger partial charge is 0.372 e. The van der Waals surface area contributed by atoms with Crippen molar-refractivity contribution in [2.24, 2.45) is 0 Å². The topological polar surface area (TPSA) is 100 Å². The molecular formula is C23H23N5O3S2. The Kier molecular flexibility index (Phi) is 7.13. The number of anilines is 1. The fourth-order valence-corrected chi connectivity index (χ4v) is 5.90. The van der Waals surface area contributed by atoms with Crippen molar-refractivity contribution in [1.82, 2.24) is 20.5 Å². The van der Waals surface area contributed by atoms with E-state index in [-0.39, 0.29) is 11.7 Å². The van der Waals surface area contributed by atoms with Gasteiger partial charge < -0.3 is 19.9 Å². The number of carbonyl (C=O) groups is 2. The zero-order valence-electron chi connectivity index (χ0n) is 18.5. The van der Waals surface area contributed by atoms with Gasteiger partial charge in [0.25, 0.3) is 11.8 Å². The zero-order valence-corrected chi connectivity index (χ0v) is 20.1. The van der Waals surface area contributed by atoms with Crippen LogP contribution in [0.2, 0.25) is 0 Å². The van der Waals surface area contributed by atoms with Gasteiger partial charge in [0.15, 0.2) is 0 Å². The number of thioether (sulfide) groups is 1. The second kappa shape index (κ2) is 10.2. The van der Waals surface area contributed by atoms with Gasteiger partial charge in [-0.15, -0.1) is 33.3 Å². The monoisotopic (exact) mass is 481 g/mol. The van der Waals surface area contributed by atoms with Gasteiger partial charge >= 0.3 is 0 Å². The molecule has 2 N–H and O–H groups in total. The van der Waals surface area contributed by atoms with Crippen molar-refractivity contribution >= 4 is 39.9 Å². The molecule has 2 aromatic heterocycles. The van der Waals surface area contributed by atoms with Crippen molar-refractivity contribution in [1.29, 1.82) is 0 Å². The molecule has 3 heterocycles. The minimum Gasteiger partial charge on any atom is -0.372 e. The molecule has 0 radical (unpaired) electrons. The van der Waals surface area contributed by atoms with Crippen molar-refractivity contribution in [2.45, 2.75) is 24.3 Å². The normalized spacial score (nSPS) is 15.4. The lowest BCUT2D eigenvalue weighted by atomic mass is 10.1. The molecule has 1 atom stereocenters. The van der Waals surface area contributed by atoms with Gasteiger partial charge in [-0.3, -0.25) is 9.59 Å². The summed E-state index contributed by atoms with van der Waals surface area (Å²) in [6, 6.07) is 9.11. The predicted molar refractivity (Wildman–Crippen MR) is 129 cm³/mol. The Hall–Kier alpha value is -3.13. The van der Waals surface area contributed by atoms with E-state index in [0.717, 1.165) is 25.9 Å². The van der Waals surface area contributed by atoms with Crippen LogP contribution in [-0.4, -0.2) is 59.6 Å². The van der Waals surface area contributed by atoms with Crippen LogP contribution in [0.3, 0.4) is 0 Å². The summed E-state index contributed by atoms with van der Waals surface area (Å²) >= 11 is 3.02. The molecule has 2 amide bonds. The fraction of sp³-hybridized carbons (Fsp3) is 0.304. The number of H-pyrrole nitrogens is 1. The van der Waals surface area contributed by atoms with Crippen molar-refractivity contribution in [2.75, 3.05) is 31.4 Å². The SMILES string of the molecule is COCC#Cc1sc2c(c1C)SC[C@H](NC(=O)c1nnc(Cc3ccccc3)[nH]1)C(=O)N2C. The van der Waals surface area contributed by atoms with Gasteiger partial charge in [-0.2, -0.15) is 0 Å². The van der Waals surface area contributed by atoms with Crippen molar-refractivity contribution < 1.29 is 14.3 Å². The zero-order chi connectivity index (χ0) is 23.4. The van der Waals surface area contributed by atoms with Crippen molar-refractivity contribution in [3.63, 3.8) is 0 Å². The Balaban J connectivity index is 1.45. The molecule has 0 bridgehead atoms. The van der Waals surface area contributed by atoms with Crippen LogP contribution < -0.4 is 10.2 Å². The number of aromatic nitrogens is 3. The summed E-state index contributed by atoms with van der Waals surface area (Å²) in [6.07, 6.45) is 0.539. The number of nitrogens with zero attached hydrogens (tertiary/aromatic N) is 3. The Bertz CT molecular complexity index is 1230. The highest BCUT2D eigenvalue weighted by molar-refractivity contribution is 7.99. The number of nitrogens with one attached hydrogen (secondary N) is 2. The summed E-state index contributed by atoms with van der Waals surface area (Å²) in [5.74, 6) is 6.53. The molecule has 1 aliphatic heterocycles. The Morgan fingerprint density at radius 1 is 1.33 bits per heavy atom. The minimum absolute atomic E-state index is 0.0901. The average Bonchev–Trinajstić information content (AvgIpc) is 3.38. The first-order valence-corrected chi connectivity index (χ1v) is 12.1. The molecule has 0 unspecified atom stereocenters. The molecule has 0 fully saturated rings. The Morgan fingerprint density at radius 3 is 2.88 bits per heavy atom. The number of hydrogen-bond acceptors (Lipinski definition) is 7. The third-order valence-corrected chi connectivity index (χ3v) is 7.79. The molecule has 33 heavy (non-hydrogen) atoms. The van der Waals surface area contributed by atoms with Crippen LogP contribution in [0.15, 0.2) is 35.2 Å². The number of benzene rings is 1. The molecule has 1 aliphatic rings. The van der Waals surface area contributed by atoms with E-state index in [1.54, 1.807) is 30.8 Å². The third kappa shape index (κ3) is 5.11. The maximum Gasteiger partial charge on any atom is 0.289 e. The van der Waals surface area contributed by atoms with Crippen LogP contribution in [0.25, 0.3) is 0 Å². The summed E-state index contributed by atoms with van der Waals surface area (Å²) in [5, 5.41) is 11.7. The lowest BCUT2D eigenvalue weighted by molar-refractivity contribution is -0.119. The molecule has 4 rings (SSSR count). The second-order valence-electron chi connectivity index (χ2n) is 7.44. The summed E-state index contributed by atoms with van der Waals surface area (Å²) in [4.78, 5) is 32.4. The van der Waals surface area contributed by atoms with E-state index in [1.807, 2.05) is 37.3 Å². The molecule has 0 spiro atoms. The highest BCUT2D eigenvalue weighted by Crippen LogP contribution is 2.43. The first-order chi connectivity index (χ1) is 16.0.